The molecule has 1 saturated heterocycles. The van der Waals surface area contributed by atoms with Crippen LogP contribution in [0.1, 0.15) is 28.8 Å². The molecule has 1 aromatic heterocycles. The highest BCUT2D eigenvalue weighted by molar-refractivity contribution is 5.95. The standard InChI is InChI=1S/C21H24N2O4/c1-27-14-20(24)23-10-7-15(8-11-23)12-16-6-9-22-19(13-16)17-4-2-3-5-18(17)21(25)26/h2-6,9,13,15H,7-8,10-12,14H2,1H3,(H,25,26). The van der Waals surface area contributed by atoms with E-state index in [0.29, 0.717) is 17.2 Å². The molecule has 0 bridgehead atoms. The van der Waals surface area contributed by atoms with Gasteiger partial charge in [-0.05, 0) is 48.9 Å². The van der Waals surface area contributed by atoms with Crippen molar-refractivity contribution in [1.29, 1.82) is 0 Å². The third-order valence-electron chi connectivity index (χ3n) is 5.02. The Kier molecular flexibility index (Phi) is 6.19. The van der Waals surface area contributed by atoms with Gasteiger partial charge in [0, 0.05) is 32.0 Å². The molecule has 6 nitrogen and oxygen atoms in total. The first-order valence-electron chi connectivity index (χ1n) is 9.13. The van der Waals surface area contributed by atoms with Crippen molar-refractivity contribution in [3.8, 4) is 11.3 Å². The van der Waals surface area contributed by atoms with Crippen molar-refractivity contribution in [2.75, 3.05) is 26.8 Å². The van der Waals surface area contributed by atoms with Crippen LogP contribution in [0.25, 0.3) is 11.3 Å². The second-order valence-corrected chi connectivity index (χ2v) is 6.86. The number of rotatable bonds is 6. The largest absolute Gasteiger partial charge is 0.478 e. The summed E-state index contributed by atoms with van der Waals surface area (Å²) in [4.78, 5) is 29.6. The molecule has 0 spiro atoms. The summed E-state index contributed by atoms with van der Waals surface area (Å²) in [6.45, 7) is 1.65. The Morgan fingerprint density at radius 2 is 1.96 bits per heavy atom. The highest BCUT2D eigenvalue weighted by atomic mass is 16.5. The first kappa shape index (κ1) is 19.0. The lowest BCUT2D eigenvalue weighted by molar-refractivity contribution is -0.136. The van der Waals surface area contributed by atoms with Gasteiger partial charge in [-0.15, -0.1) is 0 Å². The van der Waals surface area contributed by atoms with Crippen LogP contribution in [0.2, 0.25) is 0 Å². The van der Waals surface area contributed by atoms with Crippen LogP contribution in [0.3, 0.4) is 0 Å². The summed E-state index contributed by atoms with van der Waals surface area (Å²) in [6.07, 6.45) is 4.55. The number of aromatic nitrogens is 1. The lowest BCUT2D eigenvalue weighted by Gasteiger charge is -2.32. The Labute approximate surface area is 158 Å². The number of hydrogen-bond donors (Lipinski definition) is 1. The third kappa shape index (κ3) is 4.71. The molecule has 27 heavy (non-hydrogen) atoms. The van der Waals surface area contributed by atoms with Crippen molar-refractivity contribution < 1.29 is 19.4 Å². The molecule has 142 valence electrons. The first-order valence-corrected chi connectivity index (χ1v) is 9.13. The van der Waals surface area contributed by atoms with Crippen LogP contribution in [0, 0.1) is 5.92 Å². The fourth-order valence-corrected chi connectivity index (χ4v) is 3.58. The zero-order chi connectivity index (χ0) is 19.2. The minimum absolute atomic E-state index is 0.0485. The molecule has 3 rings (SSSR count). The maximum Gasteiger partial charge on any atom is 0.336 e. The van der Waals surface area contributed by atoms with Crippen LogP contribution in [0.15, 0.2) is 42.6 Å². The van der Waals surface area contributed by atoms with E-state index in [0.717, 1.165) is 37.9 Å². The predicted octanol–water partition coefficient (Wildman–Crippen LogP) is 2.87. The molecule has 6 heteroatoms. The van der Waals surface area contributed by atoms with E-state index in [9.17, 15) is 14.7 Å². The number of aromatic carboxylic acids is 1. The normalized spacial score (nSPS) is 14.9. The molecule has 1 aromatic carbocycles. The minimum atomic E-state index is -0.953. The number of amides is 1. The molecular formula is C21H24N2O4. The highest BCUT2D eigenvalue weighted by Gasteiger charge is 2.23. The van der Waals surface area contributed by atoms with E-state index in [1.165, 1.54) is 7.11 Å². The highest BCUT2D eigenvalue weighted by Crippen LogP contribution is 2.26. The molecule has 1 aliphatic heterocycles. The molecule has 1 N–H and O–H groups in total. The molecule has 0 radical (unpaired) electrons. The van der Waals surface area contributed by atoms with Gasteiger partial charge in [0.05, 0.1) is 11.3 Å². The Morgan fingerprint density at radius 1 is 1.22 bits per heavy atom. The number of methoxy groups -OCH3 is 1. The van der Waals surface area contributed by atoms with Gasteiger partial charge in [0.25, 0.3) is 0 Å². The van der Waals surface area contributed by atoms with Crippen molar-refractivity contribution in [2.24, 2.45) is 5.92 Å². The Morgan fingerprint density at radius 3 is 2.67 bits per heavy atom. The fraction of sp³-hybridized carbons (Fsp3) is 0.381. The molecule has 1 amide bonds. The number of hydrogen-bond acceptors (Lipinski definition) is 4. The van der Waals surface area contributed by atoms with E-state index in [-0.39, 0.29) is 18.1 Å². The van der Waals surface area contributed by atoms with Crippen LogP contribution in [0.5, 0.6) is 0 Å². The summed E-state index contributed by atoms with van der Waals surface area (Å²) < 4.78 is 4.92. The molecular weight excluding hydrogens is 344 g/mol. The van der Waals surface area contributed by atoms with Crippen molar-refractivity contribution in [3.05, 3.63) is 53.7 Å². The van der Waals surface area contributed by atoms with E-state index in [1.807, 2.05) is 23.1 Å². The van der Waals surface area contributed by atoms with Crippen LogP contribution in [0.4, 0.5) is 0 Å². The average Bonchev–Trinajstić information content (AvgIpc) is 2.69. The maximum atomic E-state index is 11.9. The van der Waals surface area contributed by atoms with E-state index in [1.54, 1.807) is 24.4 Å². The molecule has 0 aliphatic carbocycles. The molecule has 0 saturated carbocycles. The van der Waals surface area contributed by atoms with Gasteiger partial charge in [0.1, 0.15) is 6.61 Å². The van der Waals surface area contributed by atoms with Gasteiger partial charge >= 0.3 is 5.97 Å². The molecule has 0 unspecified atom stereocenters. The first-order chi connectivity index (χ1) is 13.1. The van der Waals surface area contributed by atoms with Crippen LogP contribution in [-0.2, 0) is 16.0 Å². The number of piperidine rings is 1. The lowest BCUT2D eigenvalue weighted by atomic mass is 9.90. The number of ether oxygens (including phenoxy) is 1. The quantitative estimate of drug-likeness (QED) is 0.848. The average molecular weight is 368 g/mol. The monoisotopic (exact) mass is 368 g/mol. The number of carboxylic acids is 1. The number of pyridine rings is 1. The van der Waals surface area contributed by atoms with Crippen molar-refractivity contribution in [2.45, 2.75) is 19.3 Å². The number of carbonyl (C=O) groups excluding carboxylic acids is 1. The van der Waals surface area contributed by atoms with Gasteiger partial charge in [-0.1, -0.05) is 18.2 Å². The Bertz CT molecular complexity index is 813. The SMILES string of the molecule is COCC(=O)N1CCC(Cc2ccnc(-c3ccccc3C(=O)O)c2)CC1. The van der Waals surface area contributed by atoms with Crippen molar-refractivity contribution in [1.82, 2.24) is 9.88 Å². The van der Waals surface area contributed by atoms with Gasteiger partial charge < -0.3 is 14.7 Å². The Balaban J connectivity index is 1.68. The van der Waals surface area contributed by atoms with Crippen molar-refractivity contribution in [3.63, 3.8) is 0 Å². The second-order valence-electron chi connectivity index (χ2n) is 6.86. The summed E-state index contributed by atoms with van der Waals surface area (Å²) in [5, 5.41) is 9.40. The second kappa shape index (κ2) is 8.77. The third-order valence-corrected chi connectivity index (χ3v) is 5.02. The number of likely N-dealkylation sites (tertiary alicyclic amines) is 1. The van der Waals surface area contributed by atoms with Crippen LogP contribution >= 0.6 is 0 Å². The minimum Gasteiger partial charge on any atom is -0.478 e. The molecule has 1 aliphatic rings. The van der Waals surface area contributed by atoms with Gasteiger partial charge in [0.15, 0.2) is 0 Å². The number of nitrogens with zero attached hydrogens (tertiary/aromatic N) is 2. The molecule has 1 fully saturated rings. The van der Waals surface area contributed by atoms with Gasteiger partial charge in [0.2, 0.25) is 5.91 Å². The Hall–Kier alpha value is -2.73. The van der Waals surface area contributed by atoms with E-state index >= 15 is 0 Å². The van der Waals surface area contributed by atoms with Crippen LogP contribution in [-0.4, -0.2) is 53.7 Å². The van der Waals surface area contributed by atoms with Crippen molar-refractivity contribution >= 4 is 11.9 Å². The summed E-state index contributed by atoms with van der Waals surface area (Å²) >= 11 is 0. The van der Waals surface area contributed by atoms with E-state index in [4.69, 9.17) is 4.74 Å². The van der Waals surface area contributed by atoms with Gasteiger partial charge in [-0.25, -0.2) is 4.79 Å². The maximum absolute atomic E-state index is 11.9. The number of carbonyl (C=O) groups is 2. The van der Waals surface area contributed by atoms with Gasteiger partial charge in [-0.3, -0.25) is 9.78 Å². The fourth-order valence-electron chi connectivity index (χ4n) is 3.58. The number of benzene rings is 1. The zero-order valence-electron chi connectivity index (χ0n) is 15.4. The van der Waals surface area contributed by atoms with Crippen LogP contribution < -0.4 is 0 Å². The van der Waals surface area contributed by atoms with E-state index in [2.05, 4.69) is 4.98 Å². The molecule has 2 heterocycles. The predicted molar refractivity (Wildman–Crippen MR) is 102 cm³/mol. The summed E-state index contributed by atoms with van der Waals surface area (Å²) in [5.74, 6) is -0.403. The lowest BCUT2D eigenvalue weighted by Crippen LogP contribution is -2.40. The topological polar surface area (TPSA) is 79.7 Å². The van der Waals surface area contributed by atoms with E-state index < -0.39 is 5.97 Å². The number of carboxylic acid groups (broad SMARTS) is 1. The summed E-state index contributed by atoms with van der Waals surface area (Å²) in [7, 11) is 1.54. The van der Waals surface area contributed by atoms with Gasteiger partial charge in [-0.2, -0.15) is 0 Å². The zero-order valence-corrected chi connectivity index (χ0v) is 15.4. The molecule has 0 atom stereocenters. The summed E-state index contributed by atoms with van der Waals surface area (Å²) in [5.41, 5.74) is 2.71. The molecule has 2 aromatic rings. The smallest absolute Gasteiger partial charge is 0.336 e. The summed E-state index contributed by atoms with van der Waals surface area (Å²) in [6, 6.07) is 10.9.